The van der Waals surface area contributed by atoms with Gasteiger partial charge in [0.05, 0.1) is 12.0 Å². The van der Waals surface area contributed by atoms with Gasteiger partial charge in [-0.05, 0) is 44.0 Å². The first-order valence-electron chi connectivity index (χ1n) is 11.7. The van der Waals surface area contributed by atoms with E-state index < -0.39 is 5.41 Å². The molecule has 0 saturated carbocycles. The number of piperazine rings is 1. The minimum absolute atomic E-state index is 0.0472. The zero-order chi connectivity index (χ0) is 24.3. The van der Waals surface area contributed by atoms with Crippen molar-refractivity contribution in [3.05, 3.63) is 106 Å². The van der Waals surface area contributed by atoms with E-state index in [0.29, 0.717) is 32.7 Å². The molecule has 1 fully saturated rings. The van der Waals surface area contributed by atoms with E-state index in [9.17, 15) is 14.4 Å². The van der Waals surface area contributed by atoms with Crippen LogP contribution >= 0.6 is 0 Å². The van der Waals surface area contributed by atoms with Gasteiger partial charge in [-0.1, -0.05) is 60.2 Å². The Bertz CT molecular complexity index is 1240. The maximum Gasteiger partial charge on any atom is 0.263 e. The average molecular weight is 458 g/mol. The van der Waals surface area contributed by atoms with Crippen LogP contribution in [0.4, 0.5) is 0 Å². The number of hydrogen-bond acceptors (Lipinski definition) is 3. The molecule has 176 valence electrons. The van der Waals surface area contributed by atoms with E-state index in [1.165, 1.54) is 0 Å². The molecule has 0 aliphatic carbocycles. The molecule has 1 aliphatic heterocycles. The summed E-state index contributed by atoms with van der Waals surface area (Å²) in [6.07, 6.45) is 1.71. The van der Waals surface area contributed by atoms with E-state index in [1.54, 1.807) is 27.8 Å². The molecule has 2 amide bonds. The van der Waals surface area contributed by atoms with Crippen LogP contribution in [0.2, 0.25) is 0 Å². The minimum Gasteiger partial charge on any atom is -0.338 e. The van der Waals surface area contributed by atoms with Crippen LogP contribution in [-0.2, 0) is 16.8 Å². The third-order valence-electron chi connectivity index (χ3n) is 6.57. The number of carbonyl (C=O) groups is 2. The lowest BCUT2D eigenvalue weighted by Crippen LogP contribution is -2.54. The summed E-state index contributed by atoms with van der Waals surface area (Å²) in [6.45, 7) is 8.00. The molecule has 1 aromatic heterocycles. The monoisotopic (exact) mass is 457 g/mol. The summed E-state index contributed by atoms with van der Waals surface area (Å²) in [5, 5.41) is 0. The fraction of sp³-hybridized carbons (Fsp3) is 0.321. The summed E-state index contributed by atoms with van der Waals surface area (Å²) in [7, 11) is 0. The lowest BCUT2D eigenvalue weighted by atomic mass is 9.83. The van der Waals surface area contributed by atoms with Crippen LogP contribution in [0.5, 0.6) is 0 Å². The highest BCUT2D eigenvalue weighted by atomic mass is 16.2. The van der Waals surface area contributed by atoms with Crippen molar-refractivity contribution in [2.45, 2.75) is 32.7 Å². The van der Waals surface area contributed by atoms with Crippen molar-refractivity contribution >= 4 is 11.8 Å². The number of amides is 2. The smallest absolute Gasteiger partial charge is 0.263 e. The van der Waals surface area contributed by atoms with Crippen molar-refractivity contribution in [2.24, 2.45) is 0 Å². The van der Waals surface area contributed by atoms with Crippen molar-refractivity contribution < 1.29 is 9.59 Å². The second kappa shape index (κ2) is 9.67. The van der Waals surface area contributed by atoms with E-state index >= 15 is 0 Å². The van der Waals surface area contributed by atoms with Crippen LogP contribution in [0, 0.1) is 6.92 Å². The highest BCUT2D eigenvalue weighted by Gasteiger charge is 2.36. The molecule has 0 bridgehead atoms. The first kappa shape index (κ1) is 23.5. The van der Waals surface area contributed by atoms with Crippen molar-refractivity contribution in [2.75, 3.05) is 26.2 Å². The third-order valence-corrected chi connectivity index (χ3v) is 6.57. The number of benzene rings is 2. The second-order valence-electron chi connectivity index (χ2n) is 9.42. The van der Waals surface area contributed by atoms with Crippen LogP contribution in [0.25, 0.3) is 0 Å². The van der Waals surface area contributed by atoms with Crippen molar-refractivity contribution in [3.63, 3.8) is 0 Å². The van der Waals surface area contributed by atoms with Gasteiger partial charge in [-0.25, -0.2) is 0 Å². The summed E-state index contributed by atoms with van der Waals surface area (Å²) in [4.78, 5) is 43.0. The molecule has 0 radical (unpaired) electrons. The fourth-order valence-electron chi connectivity index (χ4n) is 4.49. The van der Waals surface area contributed by atoms with Gasteiger partial charge in [0.25, 0.3) is 11.5 Å². The fourth-order valence-corrected chi connectivity index (χ4v) is 4.49. The molecule has 2 aromatic carbocycles. The Kier molecular flexibility index (Phi) is 6.68. The SMILES string of the molecule is Cc1cccc(Cn2cccc(C(=O)N3CCN(C(=O)C(C)(C)c4ccccc4)CC3)c2=O)c1. The van der Waals surface area contributed by atoms with Crippen LogP contribution in [0.1, 0.15) is 40.9 Å². The predicted octanol–water partition coefficient (Wildman–Crippen LogP) is 3.47. The van der Waals surface area contributed by atoms with Crippen LogP contribution in [0.15, 0.2) is 77.7 Å². The number of nitrogens with zero attached hydrogens (tertiary/aromatic N) is 3. The Labute approximate surface area is 200 Å². The average Bonchev–Trinajstić information content (AvgIpc) is 2.85. The summed E-state index contributed by atoms with van der Waals surface area (Å²) in [6, 6.07) is 21.1. The minimum atomic E-state index is -0.642. The van der Waals surface area contributed by atoms with Gasteiger partial charge < -0.3 is 14.4 Å². The Hall–Kier alpha value is -3.67. The highest BCUT2D eigenvalue weighted by molar-refractivity contribution is 5.94. The molecule has 0 N–H and O–H groups in total. The quantitative estimate of drug-likeness (QED) is 0.590. The number of aryl methyl sites for hydroxylation is 1. The van der Waals surface area contributed by atoms with E-state index in [0.717, 1.165) is 16.7 Å². The number of pyridine rings is 1. The molecule has 2 heterocycles. The zero-order valence-corrected chi connectivity index (χ0v) is 20.0. The molecule has 1 aliphatic rings. The second-order valence-corrected chi connectivity index (χ2v) is 9.42. The van der Waals surface area contributed by atoms with Crippen molar-refractivity contribution in [3.8, 4) is 0 Å². The maximum atomic E-state index is 13.2. The van der Waals surface area contributed by atoms with Crippen LogP contribution < -0.4 is 5.56 Å². The van der Waals surface area contributed by atoms with E-state index in [2.05, 4.69) is 0 Å². The van der Waals surface area contributed by atoms with Gasteiger partial charge >= 0.3 is 0 Å². The third kappa shape index (κ3) is 4.81. The van der Waals surface area contributed by atoms with E-state index in [4.69, 9.17) is 0 Å². The topological polar surface area (TPSA) is 62.6 Å². The van der Waals surface area contributed by atoms with Gasteiger partial charge in [0, 0.05) is 32.4 Å². The van der Waals surface area contributed by atoms with Crippen molar-refractivity contribution in [1.82, 2.24) is 14.4 Å². The van der Waals surface area contributed by atoms with Gasteiger partial charge in [-0.3, -0.25) is 14.4 Å². The normalized spacial score (nSPS) is 14.2. The molecule has 0 atom stereocenters. The molecule has 0 spiro atoms. The highest BCUT2D eigenvalue weighted by Crippen LogP contribution is 2.26. The zero-order valence-electron chi connectivity index (χ0n) is 20.0. The van der Waals surface area contributed by atoms with Gasteiger partial charge in [-0.15, -0.1) is 0 Å². The van der Waals surface area contributed by atoms with Gasteiger partial charge in [0.1, 0.15) is 5.56 Å². The summed E-state index contributed by atoms with van der Waals surface area (Å²) < 4.78 is 1.57. The van der Waals surface area contributed by atoms with Gasteiger partial charge in [-0.2, -0.15) is 0 Å². The standard InChI is InChI=1S/C28H31N3O3/c1-21-9-7-10-22(19-21)20-31-14-8-13-24(26(31)33)25(32)29-15-17-30(18-16-29)27(34)28(2,3)23-11-5-4-6-12-23/h4-14,19H,15-18,20H2,1-3H3. The molecule has 3 aromatic rings. The first-order chi connectivity index (χ1) is 16.3. The Balaban J connectivity index is 1.44. The van der Waals surface area contributed by atoms with Gasteiger partial charge in [0.2, 0.25) is 5.91 Å². The molecule has 4 rings (SSSR count). The molecule has 6 heteroatoms. The summed E-state index contributed by atoms with van der Waals surface area (Å²) >= 11 is 0. The number of aromatic nitrogens is 1. The molecule has 34 heavy (non-hydrogen) atoms. The lowest BCUT2D eigenvalue weighted by molar-refractivity contribution is -0.137. The maximum absolute atomic E-state index is 13.2. The molecule has 0 unspecified atom stereocenters. The van der Waals surface area contributed by atoms with Crippen molar-refractivity contribution in [1.29, 1.82) is 0 Å². The van der Waals surface area contributed by atoms with Crippen LogP contribution in [0.3, 0.4) is 0 Å². The Morgan fingerprint density at radius 2 is 1.53 bits per heavy atom. The van der Waals surface area contributed by atoms with E-state index in [-0.39, 0.29) is 22.9 Å². The summed E-state index contributed by atoms with van der Waals surface area (Å²) in [5.41, 5.74) is 2.34. The largest absolute Gasteiger partial charge is 0.338 e. The summed E-state index contributed by atoms with van der Waals surface area (Å²) in [5.74, 6) is -0.232. The van der Waals surface area contributed by atoms with E-state index in [1.807, 2.05) is 80.3 Å². The van der Waals surface area contributed by atoms with Crippen LogP contribution in [-0.4, -0.2) is 52.4 Å². The Morgan fingerprint density at radius 3 is 2.21 bits per heavy atom. The predicted molar refractivity (Wildman–Crippen MR) is 133 cm³/mol. The molecule has 1 saturated heterocycles. The number of hydrogen-bond donors (Lipinski definition) is 0. The Morgan fingerprint density at radius 1 is 0.853 bits per heavy atom. The molecular weight excluding hydrogens is 426 g/mol. The number of carbonyl (C=O) groups excluding carboxylic acids is 2. The number of rotatable bonds is 5. The lowest BCUT2D eigenvalue weighted by Gasteiger charge is -2.38. The van der Waals surface area contributed by atoms with Gasteiger partial charge in [0.15, 0.2) is 0 Å². The first-order valence-corrected chi connectivity index (χ1v) is 11.7. The molecular formula is C28H31N3O3. The molecule has 6 nitrogen and oxygen atoms in total.